The number of amides is 1. The van der Waals surface area contributed by atoms with Crippen LogP contribution in [0.15, 0.2) is 36.5 Å². The second-order valence-corrected chi connectivity index (χ2v) is 5.86. The summed E-state index contributed by atoms with van der Waals surface area (Å²) in [6, 6.07) is 9.93. The Morgan fingerprint density at radius 3 is 2.70 bits per heavy atom. The van der Waals surface area contributed by atoms with Crippen LogP contribution in [0, 0.1) is 12.8 Å². The molecule has 1 aliphatic heterocycles. The minimum Gasteiger partial charge on any atom is -0.481 e. The van der Waals surface area contributed by atoms with Crippen molar-refractivity contribution in [1.82, 2.24) is 14.7 Å². The summed E-state index contributed by atoms with van der Waals surface area (Å²) in [6.45, 7) is 3.24. The molecule has 0 spiro atoms. The molecule has 0 radical (unpaired) electrons. The number of carbonyl (C=O) groups is 2. The van der Waals surface area contributed by atoms with Crippen molar-refractivity contribution >= 4 is 11.9 Å². The highest BCUT2D eigenvalue weighted by Gasteiger charge is 2.32. The van der Waals surface area contributed by atoms with E-state index in [4.69, 9.17) is 5.11 Å². The van der Waals surface area contributed by atoms with Crippen molar-refractivity contribution in [3.05, 3.63) is 53.3 Å². The molecule has 6 nitrogen and oxygen atoms in total. The molecule has 1 aromatic carbocycles. The Morgan fingerprint density at radius 2 is 2.04 bits per heavy atom. The molecule has 6 heteroatoms. The van der Waals surface area contributed by atoms with Crippen LogP contribution >= 0.6 is 0 Å². The molecule has 1 aromatic heterocycles. The van der Waals surface area contributed by atoms with Gasteiger partial charge < -0.3 is 10.0 Å². The SMILES string of the molecule is Cc1c(C(=O)N2CCC(C(=O)O)C2)cnn1Cc1ccccc1. The monoisotopic (exact) mass is 313 g/mol. The van der Waals surface area contributed by atoms with Gasteiger partial charge in [0.25, 0.3) is 5.91 Å². The third kappa shape index (κ3) is 3.11. The van der Waals surface area contributed by atoms with Crippen LogP contribution in [-0.4, -0.2) is 44.8 Å². The van der Waals surface area contributed by atoms with Crippen LogP contribution in [0.1, 0.15) is 28.0 Å². The van der Waals surface area contributed by atoms with E-state index in [-0.39, 0.29) is 12.5 Å². The maximum atomic E-state index is 12.6. The van der Waals surface area contributed by atoms with E-state index in [1.54, 1.807) is 15.8 Å². The van der Waals surface area contributed by atoms with E-state index in [9.17, 15) is 9.59 Å². The molecular weight excluding hydrogens is 294 g/mol. The first-order valence-electron chi connectivity index (χ1n) is 7.64. The van der Waals surface area contributed by atoms with E-state index in [1.165, 1.54) is 0 Å². The summed E-state index contributed by atoms with van der Waals surface area (Å²) in [5.74, 6) is -1.43. The third-order valence-electron chi connectivity index (χ3n) is 4.33. The zero-order valence-corrected chi connectivity index (χ0v) is 13.0. The molecule has 120 valence electrons. The van der Waals surface area contributed by atoms with Crippen LogP contribution in [0.5, 0.6) is 0 Å². The standard InChI is InChI=1S/C17H19N3O3/c1-12-15(16(21)19-8-7-14(11-19)17(22)23)9-18-20(12)10-13-5-3-2-4-6-13/h2-6,9,14H,7-8,10-11H2,1H3,(H,22,23). The second-order valence-electron chi connectivity index (χ2n) is 5.86. The first kappa shape index (κ1) is 15.3. The molecular formula is C17H19N3O3. The Balaban J connectivity index is 1.74. The van der Waals surface area contributed by atoms with Crippen LogP contribution in [0.25, 0.3) is 0 Å². The Kier molecular flexibility index (Phi) is 4.14. The van der Waals surface area contributed by atoms with Gasteiger partial charge in [-0.3, -0.25) is 14.3 Å². The predicted molar refractivity (Wildman–Crippen MR) is 84.2 cm³/mol. The van der Waals surface area contributed by atoms with Crippen molar-refractivity contribution in [2.75, 3.05) is 13.1 Å². The van der Waals surface area contributed by atoms with Gasteiger partial charge in [0.1, 0.15) is 0 Å². The number of nitrogens with zero attached hydrogens (tertiary/aromatic N) is 3. The summed E-state index contributed by atoms with van der Waals surface area (Å²) >= 11 is 0. The summed E-state index contributed by atoms with van der Waals surface area (Å²) < 4.78 is 1.80. The normalized spacial score (nSPS) is 17.4. The molecule has 3 rings (SSSR count). The Bertz CT molecular complexity index is 724. The van der Waals surface area contributed by atoms with Gasteiger partial charge in [0, 0.05) is 18.8 Å². The highest BCUT2D eigenvalue weighted by molar-refractivity contribution is 5.95. The smallest absolute Gasteiger partial charge is 0.308 e. The number of hydrogen-bond acceptors (Lipinski definition) is 3. The molecule has 0 bridgehead atoms. The topological polar surface area (TPSA) is 75.4 Å². The van der Waals surface area contributed by atoms with Crippen LogP contribution < -0.4 is 0 Å². The molecule has 1 aliphatic rings. The number of aromatic nitrogens is 2. The summed E-state index contributed by atoms with van der Waals surface area (Å²) in [5, 5.41) is 13.4. The minimum absolute atomic E-state index is 0.134. The number of rotatable bonds is 4. The lowest BCUT2D eigenvalue weighted by Crippen LogP contribution is -2.30. The largest absolute Gasteiger partial charge is 0.481 e. The molecule has 2 aromatic rings. The molecule has 1 unspecified atom stereocenters. The summed E-state index contributed by atoms with van der Waals surface area (Å²) in [5.41, 5.74) is 2.47. The number of carbonyl (C=O) groups excluding carboxylic acids is 1. The van der Waals surface area contributed by atoms with Crippen molar-refractivity contribution in [1.29, 1.82) is 0 Å². The lowest BCUT2D eigenvalue weighted by Gasteiger charge is -2.15. The average Bonchev–Trinajstić information content (AvgIpc) is 3.16. The molecule has 1 atom stereocenters. The second kappa shape index (κ2) is 6.24. The van der Waals surface area contributed by atoms with Gasteiger partial charge in [-0.2, -0.15) is 5.10 Å². The van der Waals surface area contributed by atoms with E-state index in [1.807, 2.05) is 37.3 Å². The predicted octanol–water partition coefficient (Wildman–Crippen LogP) is 1.79. The van der Waals surface area contributed by atoms with Gasteiger partial charge in [-0.05, 0) is 18.9 Å². The summed E-state index contributed by atoms with van der Waals surface area (Å²) in [7, 11) is 0. The fourth-order valence-electron chi connectivity index (χ4n) is 2.89. The Morgan fingerprint density at radius 1 is 1.30 bits per heavy atom. The highest BCUT2D eigenvalue weighted by atomic mass is 16.4. The van der Waals surface area contributed by atoms with Crippen molar-refractivity contribution in [3.63, 3.8) is 0 Å². The van der Waals surface area contributed by atoms with Crippen molar-refractivity contribution in [2.45, 2.75) is 19.9 Å². The van der Waals surface area contributed by atoms with Crippen LogP contribution in [-0.2, 0) is 11.3 Å². The van der Waals surface area contributed by atoms with Crippen molar-refractivity contribution in [2.24, 2.45) is 5.92 Å². The quantitative estimate of drug-likeness (QED) is 0.933. The van der Waals surface area contributed by atoms with E-state index in [0.29, 0.717) is 25.1 Å². The zero-order chi connectivity index (χ0) is 16.4. The minimum atomic E-state index is -0.836. The van der Waals surface area contributed by atoms with Crippen LogP contribution in [0.3, 0.4) is 0 Å². The molecule has 2 heterocycles. The number of likely N-dealkylation sites (tertiary alicyclic amines) is 1. The van der Waals surface area contributed by atoms with Crippen molar-refractivity contribution in [3.8, 4) is 0 Å². The lowest BCUT2D eigenvalue weighted by molar-refractivity contribution is -0.141. The van der Waals surface area contributed by atoms with E-state index in [2.05, 4.69) is 5.10 Å². The maximum absolute atomic E-state index is 12.6. The lowest BCUT2D eigenvalue weighted by atomic mass is 10.1. The van der Waals surface area contributed by atoms with Gasteiger partial charge in [-0.15, -0.1) is 0 Å². The number of hydrogen-bond donors (Lipinski definition) is 1. The molecule has 1 fully saturated rings. The maximum Gasteiger partial charge on any atom is 0.308 e. The molecule has 1 amide bonds. The van der Waals surface area contributed by atoms with E-state index < -0.39 is 11.9 Å². The average molecular weight is 313 g/mol. The highest BCUT2D eigenvalue weighted by Crippen LogP contribution is 2.20. The molecule has 0 saturated carbocycles. The molecule has 0 aliphatic carbocycles. The van der Waals surface area contributed by atoms with Crippen molar-refractivity contribution < 1.29 is 14.7 Å². The van der Waals surface area contributed by atoms with Gasteiger partial charge in [-0.25, -0.2) is 0 Å². The number of benzene rings is 1. The zero-order valence-electron chi connectivity index (χ0n) is 13.0. The van der Waals surface area contributed by atoms with Gasteiger partial charge in [0.2, 0.25) is 0 Å². The number of carboxylic acids is 1. The molecule has 23 heavy (non-hydrogen) atoms. The third-order valence-corrected chi connectivity index (χ3v) is 4.33. The fourth-order valence-corrected chi connectivity index (χ4v) is 2.89. The van der Waals surface area contributed by atoms with Crippen LogP contribution in [0.2, 0.25) is 0 Å². The van der Waals surface area contributed by atoms with Gasteiger partial charge in [0.05, 0.1) is 24.2 Å². The van der Waals surface area contributed by atoms with Gasteiger partial charge in [-0.1, -0.05) is 30.3 Å². The summed E-state index contributed by atoms with van der Waals surface area (Å²) in [4.78, 5) is 25.2. The Hall–Kier alpha value is -2.63. The first-order valence-corrected chi connectivity index (χ1v) is 7.64. The molecule has 1 saturated heterocycles. The van der Waals surface area contributed by atoms with E-state index in [0.717, 1.165) is 11.3 Å². The fraction of sp³-hybridized carbons (Fsp3) is 0.353. The number of aliphatic carboxylic acids is 1. The Labute approximate surface area is 134 Å². The van der Waals surface area contributed by atoms with Gasteiger partial charge >= 0.3 is 5.97 Å². The number of carboxylic acid groups (broad SMARTS) is 1. The van der Waals surface area contributed by atoms with E-state index >= 15 is 0 Å². The first-order chi connectivity index (χ1) is 11.1. The molecule has 1 N–H and O–H groups in total. The van der Waals surface area contributed by atoms with Crippen LogP contribution in [0.4, 0.5) is 0 Å². The summed E-state index contributed by atoms with van der Waals surface area (Å²) in [6.07, 6.45) is 2.09. The van der Waals surface area contributed by atoms with Gasteiger partial charge in [0.15, 0.2) is 0 Å².